The molecular formula is C18H27N3. The Hall–Kier alpha value is -1.61. The number of aryl methyl sites for hydroxylation is 2. The predicted octanol–water partition coefficient (Wildman–Crippen LogP) is 3.38. The van der Waals surface area contributed by atoms with E-state index >= 15 is 0 Å². The summed E-state index contributed by atoms with van der Waals surface area (Å²) in [5.41, 5.74) is 2.60. The fourth-order valence-electron chi connectivity index (χ4n) is 2.58. The van der Waals surface area contributed by atoms with Crippen molar-refractivity contribution in [2.75, 3.05) is 13.1 Å². The van der Waals surface area contributed by atoms with E-state index in [1.54, 1.807) is 0 Å². The van der Waals surface area contributed by atoms with E-state index in [0.717, 1.165) is 25.9 Å². The third-order valence-corrected chi connectivity index (χ3v) is 3.73. The summed E-state index contributed by atoms with van der Waals surface area (Å²) in [6, 6.07) is 12.9. The third kappa shape index (κ3) is 5.35. The molecule has 0 spiro atoms. The highest BCUT2D eigenvalue weighted by atomic mass is 15.2. The van der Waals surface area contributed by atoms with Crippen LogP contribution in [0.2, 0.25) is 0 Å². The summed E-state index contributed by atoms with van der Waals surface area (Å²) in [6.45, 7) is 6.61. The monoisotopic (exact) mass is 285 g/mol. The minimum absolute atomic E-state index is 0.548. The lowest BCUT2D eigenvalue weighted by Gasteiger charge is -2.18. The number of rotatable bonds is 8. The van der Waals surface area contributed by atoms with Gasteiger partial charge in [-0.05, 0) is 42.9 Å². The number of benzene rings is 1. The van der Waals surface area contributed by atoms with Crippen LogP contribution < -0.4 is 5.32 Å². The Labute approximate surface area is 128 Å². The van der Waals surface area contributed by atoms with Crippen LogP contribution in [0.5, 0.6) is 0 Å². The molecule has 0 amide bonds. The predicted molar refractivity (Wildman–Crippen MR) is 88.4 cm³/mol. The van der Waals surface area contributed by atoms with Crippen molar-refractivity contribution in [3.05, 3.63) is 53.9 Å². The molecule has 3 heteroatoms. The lowest BCUT2D eigenvalue weighted by molar-refractivity contribution is 0.498. The first-order chi connectivity index (χ1) is 10.1. The summed E-state index contributed by atoms with van der Waals surface area (Å²) in [5.74, 6) is 1.24. The van der Waals surface area contributed by atoms with Crippen LogP contribution in [0.3, 0.4) is 0 Å². The number of nitrogens with zero attached hydrogens (tertiary/aromatic N) is 2. The highest BCUT2D eigenvalue weighted by molar-refractivity contribution is 5.20. The molecule has 3 nitrogen and oxygen atoms in total. The Bertz CT molecular complexity index is 516. The van der Waals surface area contributed by atoms with Crippen LogP contribution in [-0.4, -0.2) is 22.9 Å². The van der Waals surface area contributed by atoms with E-state index in [-0.39, 0.29) is 0 Å². The first-order valence-electron chi connectivity index (χ1n) is 7.89. The molecule has 0 aliphatic rings. The highest BCUT2D eigenvalue weighted by Crippen LogP contribution is 2.20. The number of hydrogen-bond donors (Lipinski definition) is 1. The van der Waals surface area contributed by atoms with Crippen molar-refractivity contribution in [2.45, 2.75) is 32.6 Å². The van der Waals surface area contributed by atoms with Gasteiger partial charge in [-0.15, -0.1) is 0 Å². The van der Waals surface area contributed by atoms with E-state index in [4.69, 9.17) is 0 Å². The Kier molecular flexibility index (Phi) is 6.00. The van der Waals surface area contributed by atoms with Crippen LogP contribution in [0.15, 0.2) is 42.6 Å². The van der Waals surface area contributed by atoms with Crippen LogP contribution >= 0.6 is 0 Å². The summed E-state index contributed by atoms with van der Waals surface area (Å²) in [6.07, 6.45) is 4.18. The first kappa shape index (κ1) is 15.8. The maximum atomic E-state index is 4.48. The van der Waals surface area contributed by atoms with Gasteiger partial charge in [0.2, 0.25) is 0 Å². The van der Waals surface area contributed by atoms with Gasteiger partial charge in [-0.3, -0.25) is 4.68 Å². The smallest absolute Gasteiger partial charge is 0.0624 e. The molecule has 1 aromatic heterocycles. The standard InChI is InChI=1S/C18H27N3/c1-15(2)13-19-14-17(16-7-5-4-6-8-16)9-10-18-11-12-21(3)20-18/h4-8,11-12,15,17,19H,9-10,13-14H2,1-3H3. The topological polar surface area (TPSA) is 29.9 Å². The van der Waals surface area contributed by atoms with E-state index < -0.39 is 0 Å². The fourth-order valence-corrected chi connectivity index (χ4v) is 2.58. The molecule has 0 aliphatic heterocycles. The minimum atomic E-state index is 0.548. The van der Waals surface area contributed by atoms with Crippen LogP contribution in [-0.2, 0) is 13.5 Å². The normalized spacial score (nSPS) is 12.8. The molecule has 0 aliphatic carbocycles. The number of nitrogens with one attached hydrogen (secondary N) is 1. The van der Waals surface area contributed by atoms with E-state index in [2.05, 4.69) is 60.7 Å². The van der Waals surface area contributed by atoms with Gasteiger partial charge >= 0.3 is 0 Å². The molecule has 1 unspecified atom stereocenters. The van der Waals surface area contributed by atoms with Crippen molar-refractivity contribution >= 4 is 0 Å². The zero-order valence-corrected chi connectivity index (χ0v) is 13.4. The molecule has 1 atom stereocenters. The van der Waals surface area contributed by atoms with Crippen LogP contribution in [0.4, 0.5) is 0 Å². The summed E-state index contributed by atoms with van der Waals surface area (Å²) < 4.78 is 1.88. The van der Waals surface area contributed by atoms with Gasteiger partial charge in [0.05, 0.1) is 5.69 Å². The van der Waals surface area contributed by atoms with Crippen molar-refractivity contribution < 1.29 is 0 Å². The van der Waals surface area contributed by atoms with Crippen LogP contribution in [0, 0.1) is 5.92 Å². The highest BCUT2D eigenvalue weighted by Gasteiger charge is 2.12. The molecule has 21 heavy (non-hydrogen) atoms. The first-order valence-corrected chi connectivity index (χ1v) is 7.89. The molecule has 0 fully saturated rings. The second kappa shape index (κ2) is 7.99. The molecular weight excluding hydrogens is 258 g/mol. The second-order valence-corrected chi connectivity index (χ2v) is 6.18. The lowest BCUT2D eigenvalue weighted by Crippen LogP contribution is -2.25. The van der Waals surface area contributed by atoms with Gasteiger partial charge in [0.1, 0.15) is 0 Å². The van der Waals surface area contributed by atoms with Crippen molar-refractivity contribution in [1.29, 1.82) is 0 Å². The molecule has 2 aromatic rings. The van der Waals surface area contributed by atoms with E-state index in [1.165, 1.54) is 11.3 Å². The summed E-state index contributed by atoms with van der Waals surface area (Å²) in [5, 5.41) is 8.08. The Morgan fingerprint density at radius 2 is 1.86 bits per heavy atom. The zero-order chi connectivity index (χ0) is 15.1. The second-order valence-electron chi connectivity index (χ2n) is 6.18. The molecule has 114 valence electrons. The molecule has 2 rings (SSSR count). The average molecular weight is 285 g/mol. The van der Waals surface area contributed by atoms with Crippen molar-refractivity contribution in [2.24, 2.45) is 13.0 Å². The van der Waals surface area contributed by atoms with Gasteiger partial charge in [0, 0.05) is 19.8 Å². The van der Waals surface area contributed by atoms with E-state index in [9.17, 15) is 0 Å². The average Bonchev–Trinajstić information content (AvgIpc) is 2.89. The van der Waals surface area contributed by atoms with E-state index in [1.807, 2.05) is 17.9 Å². The molecule has 1 aromatic carbocycles. The van der Waals surface area contributed by atoms with Gasteiger partial charge in [0.25, 0.3) is 0 Å². The van der Waals surface area contributed by atoms with Crippen molar-refractivity contribution in [1.82, 2.24) is 15.1 Å². The Balaban J connectivity index is 1.94. The maximum absolute atomic E-state index is 4.48. The van der Waals surface area contributed by atoms with E-state index in [0.29, 0.717) is 11.8 Å². The molecule has 1 heterocycles. The third-order valence-electron chi connectivity index (χ3n) is 3.73. The Morgan fingerprint density at radius 3 is 2.48 bits per heavy atom. The van der Waals surface area contributed by atoms with Crippen molar-refractivity contribution in [3.8, 4) is 0 Å². The lowest BCUT2D eigenvalue weighted by atomic mass is 9.93. The van der Waals surface area contributed by atoms with Crippen LogP contribution in [0.25, 0.3) is 0 Å². The minimum Gasteiger partial charge on any atom is -0.316 e. The van der Waals surface area contributed by atoms with Gasteiger partial charge in [0.15, 0.2) is 0 Å². The number of aromatic nitrogens is 2. The molecule has 0 saturated heterocycles. The SMILES string of the molecule is CC(C)CNCC(CCc1ccn(C)n1)c1ccccc1. The summed E-state index contributed by atoms with van der Waals surface area (Å²) in [7, 11) is 1.97. The fraction of sp³-hybridized carbons (Fsp3) is 0.500. The van der Waals surface area contributed by atoms with Gasteiger partial charge in [-0.2, -0.15) is 5.10 Å². The quantitative estimate of drug-likeness (QED) is 0.806. The molecule has 0 bridgehead atoms. The van der Waals surface area contributed by atoms with Gasteiger partial charge in [-0.25, -0.2) is 0 Å². The molecule has 0 saturated carbocycles. The van der Waals surface area contributed by atoms with Gasteiger partial charge in [-0.1, -0.05) is 44.2 Å². The Morgan fingerprint density at radius 1 is 1.10 bits per heavy atom. The van der Waals surface area contributed by atoms with Gasteiger partial charge < -0.3 is 5.32 Å². The maximum Gasteiger partial charge on any atom is 0.0624 e. The largest absolute Gasteiger partial charge is 0.316 e. The summed E-state index contributed by atoms with van der Waals surface area (Å²) >= 11 is 0. The van der Waals surface area contributed by atoms with Crippen molar-refractivity contribution in [3.63, 3.8) is 0 Å². The molecule has 1 N–H and O–H groups in total. The van der Waals surface area contributed by atoms with Crippen LogP contribution in [0.1, 0.15) is 37.4 Å². The molecule has 0 radical (unpaired) electrons. The zero-order valence-electron chi connectivity index (χ0n) is 13.4. The number of hydrogen-bond acceptors (Lipinski definition) is 2. The summed E-state index contributed by atoms with van der Waals surface area (Å²) in [4.78, 5) is 0.